The summed E-state index contributed by atoms with van der Waals surface area (Å²) < 4.78 is 70.8. The van der Waals surface area contributed by atoms with Gasteiger partial charge in [-0.3, -0.25) is 4.79 Å². The summed E-state index contributed by atoms with van der Waals surface area (Å²) in [6, 6.07) is 0. The number of rotatable bonds is 54. The molecule has 0 radical (unpaired) electrons. The summed E-state index contributed by atoms with van der Waals surface area (Å²) in [6.07, 6.45) is 21.9. The fourth-order valence-electron chi connectivity index (χ4n) is 5.51. The predicted octanol–water partition coefficient (Wildman–Crippen LogP) is 7.18. The third kappa shape index (κ3) is 54.7. The van der Waals surface area contributed by atoms with Crippen LogP contribution >= 0.6 is 0 Å². The Morgan fingerprint density at radius 3 is 0.797 bits per heavy atom. The van der Waals surface area contributed by atoms with Crippen LogP contribution in [0.3, 0.4) is 0 Å². The quantitative estimate of drug-likeness (QED) is 0.0347. The van der Waals surface area contributed by atoms with Crippen LogP contribution in [-0.2, 0) is 66.4 Å². The highest BCUT2D eigenvalue weighted by Crippen LogP contribution is 2.14. The maximum absolute atomic E-state index is 11.9. The molecule has 0 unspecified atom stereocenters. The van der Waals surface area contributed by atoms with Crippen molar-refractivity contribution in [2.45, 2.75) is 110 Å². The topological polar surface area (TPSA) is 137 Å². The minimum absolute atomic E-state index is 0.131. The summed E-state index contributed by atoms with van der Waals surface area (Å²) in [5.74, 6) is -0.131. The van der Waals surface area contributed by atoms with Crippen molar-refractivity contribution in [2.24, 2.45) is 0 Å². The van der Waals surface area contributed by atoms with Crippen LogP contribution in [0, 0.1) is 0 Å². The molecule has 0 aromatic heterocycles. The lowest BCUT2D eigenvalue weighted by molar-refractivity contribution is -0.145. The van der Waals surface area contributed by atoms with E-state index in [4.69, 9.17) is 61.6 Å². The molecule has 0 fully saturated rings. The molecule has 59 heavy (non-hydrogen) atoms. The Kier molecular flexibility index (Phi) is 53.6. The number of carbonyl (C=O) groups is 1. The molecular formula is C45H88O14. The average molecular weight is 853 g/mol. The van der Waals surface area contributed by atoms with Gasteiger partial charge < -0.3 is 61.6 Å². The molecule has 0 rings (SSSR count). The van der Waals surface area contributed by atoms with E-state index in [-0.39, 0.29) is 12.6 Å². The van der Waals surface area contributed by atoms with Crippen LogP contribution in [0.1, 0.15) is 110 Å². The molecule has 0 heterocycles. The average Bonchev–Trinajstić information content (AvgIpc) is 3.24. The molecule has 14 heteroatoms. The molecule has 14 nitrogen and oxygen atoms in total. The summed E-state index contributed by atoms with van der Waals surface area (Å²) in [6.45, 7) is 18.2. The van der Waals surface area contributed by atoms with Gasteiger partial charge in [0.15, 0.2) is 0 Å². The number of esters is 1. The zero-order valence-electron chi connectivity index (χ0n) is 37.5. The van der Waals surface area contributed by atoms with E-state index in [1.807, 2.05) is 0 Å². The molecule has 0 aromatic carbocycles. The second-order valence-electron chi connectivity index (χ2n) is 14.0. The molecule has 0 aliphatic heterocycles. The first-order chi connectivity index (χ1) is 29.3. The second-order valence-corrected chi connectivity index (χ2v) is 14.0. The van der Waals surface area contributed by atoms with E-state index in [2.05, 4.69) is 13.5 Å². The van der Waals surface area contributed by atoms with Crippen molar-refractivity contribution < 1.29 is 66.4 Å². The largest absolute Gasteiger partial charge is 0.463 e. The molecule has 0 aliphatic carbocycles. The van der Waals surface area contributed by atoms with E-state index in [9.17, 15) is 4.79 Å². The van der Waals surface area contributed by atoms with Gasteiger partial charge in [0.05, 0.1) is 159 Å². The fraction of sp³-hybridized carbons (Fsp3) is 0.933. The van der Waals surface area contributed by atoms with E-state index in [1.165, 1.54) is 83.5 Å². The zero-order valence-corrected chi connectivity index (χ0v) is 37.5. The van der Waals surface area contributed by atoms with Crippen molar-refractivity contribution in [1.82, 2.24) is 0 Å². The van der Waals surface area contributed by atoms with Crippen LogP contribution in [0.2, 0.25) is 0 Å². The minimum atomic E-state index is -0.131. The third-order valence-corrected chi connectivity index (χ3v) is 8.80. The van der Waals surface area contributed by atoms with Gasteiger partial charge in [0.25, 0.3) is 0 Å². The Morgan fingerprint density at radius 2 is 0.542 bits per heavy atom. The van der Waals surface area contributed by atoms with Gasteiger partial charge >= 0.3 is 5.97 Å². The molecule has 0 spiro atoms. The summed E-state index contributed by atoms with van der Waals surface area (Å²) in [4.78, 5) is 11.9. The van der Waals surface area contributed by atoms with E-state index < -0.39 is 0 Å². The predicted molar refractivity (Wildman–Crippen MR) is 231 cm³/mol. The van der Waals surface area contributed by atoms with Crippen LogP contribution in [-0.4, -0.2) is 171 Å². The Morgan fingerprint density at radius 1 is 0.322 bits per heavy atom. The highest BCUT2D eigenvalue weighted by molar-refractivity contribution is 5.69. The van der Waals surface area contributed by atoms with Crippen molar-refractivity contribution >= 4 is 5.97 Å². The van der Waals surface area contributed by atoms with Crippen LogP contribution in [0.5, 0.6) is 0 Å². The standard InChI is InChI=1S/C45H88O14/c1-3-5-6-7-8-9-10-11-12-13-14-15-16-17-18-19-45(46)59-44-43-58-42-41-57-40-39-56-38-37-55-36-35-54-34-33-53-32-31-52-30-29-51-28-27-50-26-25-49-24-23-48-22-21-47-20-4-2/h4H,2-3,5-44H2,1H3. The van der Waals surface area contributed by atoms with Crippen molar-refractivity contribution in [3.8, 4) is 0 Å². The first-order valence-electron chi connectivity index (χ1n) is 23.0. The smallest absolute Gasteiger partial charge is 0.305 e. The Labute approximate surface area is 359 Å². The first-order valence-corrected chi connectivity index (χ1v) is 23.0. The van der Waals surface area contributed by atoms with E-state index in [1.54, 1.807) is 6.08 Å². The third-order valence-electron chi connectivity index (χ3n) is 8.80. The highest BCUT2D eigenvalue weighted by Gasteiger charge is 2.03. The number of carbonyl (C=O) groups excluding carboxylic acids is 1. The molecule has 0 saturated carbocycles. The molecular weight excluding hydrogens is 764 g/mol. The molecule has 0 amide bonds. The fourth-order valence-corrected chi connectivity index (χ4v) is 5.51. The molecule has 0 N–H and O–H groups in total. The lowest BCUT2D eigenvalue weighted by Crippen LogP contribution is -2.15. The number of unbranched alkanes of at least 4 members (excludes halogenated alkanes) is 14. The number of hydrogen-bond acceptors (Lipinski definition) is 14. The molecule has 0 bridgehead atoms. The highest BCUT2D eigenvalue weighted by atomic mass is 16.6. The van der Waals surface area contributed by atoms with Gasteiger partial charge in [0, 0.05) is 6.42 Å². The maximum Gasteiger partial charge on any atom is 0.305 e. The molecule has 0 aromatic rings. The van der Waals surface area contributed by atoms with E-state index in [0.717, 1.165) is 12.8 Å². The minimum Gasteiger partial charge on any atom is -0.463 e. The summed E-state index contributed by atoms with van der Waals surface area (Å²) in [5.41, 5.74) is 0. The summed E-state index contributed by atoms with van der Waals surface area (Å²) >= 11 is 0. The van der Waals surface area contributed by atoms with Crippen molar-refractivity contribution in [1.29, 1.82) is 0 Å². The second kappa shape index (κ2) is 54.7. The molecule has 0 saturated heterocycles. The SMILES string of the molecule is C=CCOCCOCCOCCOCCOCCOCCOCCOCCOCCOCCOCCOCCOC(=O)CCCCCCCCCCCCCCCCC. The van der Waals surface area contributed by atoms with Crippen LogP contribution in [0.15, 0.2) is 12.7 Å². The lowest BCUT2D eigenvalue weighted by Gasteiger charge is -2.09. The monoisotopic (exact) mass is 853 g/mol. The molecule has 0 atom stereocenters. The van der Waals surface area contributed by atoms with Crippen molar-refractivity contribution in [3.63, 3.8) is 0 Å². The van der Waals surface area contributed by atoms with E-state index in [0.29, 0.717) is 165 Å². The van der Waals surface area contributed by atoms with Gasteiger partial charge in [0.2, 0.25) is 0 Å². The van der Waals surface area contributed by atoms with Crippen LogP contribution in [0.4, 0.5) is 0 Å². The molecule has 352 valence electrons. The summed E-state index contributed by atoms with van der Waals surface area (Å²) in [7, 11) is 0. The van der Waals surface area contributed by atoms with Gasteiger partial charge in [-0.2, -0.15) is 0 Å². The van der Waals surface area contributed by atoms with Crippen LogP contribution in [0.25, 0.3) is 0 Å². The van der Waals surface area contributed by atoms with E-state index >= 15 is 0 Å². The number of ether oxygens (including phenoxy) is 13. The van der Waals surface area contributed by atoms with Gasteiger partial charge in [-0.25, -0.2) is 0 Å². The maximum atomic E-state index is 11.9. The Hall–Kier alpha value is -1.27. The number of hydrogen-bond donors (Lipinski definition) is 0. The van der Waals surface area contributed by atoms with Crippen molar-refractivity contribution in [2.75, 3.05) is 165 Å². The molecule has 0 aliphatic rings. The Balaban J connectivity index is 3.12. The van der Waals surface area contributed by atoms with Gasteiger partial charge in [-0.05, 0) is 6.42 Å². The zero-order chi connectivity index (χ0) is 42.5. The first kappa shape index (κ1) is 57.7. The van der Waals surface area contributed by atoms with Gasteiger partial charge in [-0.1, -0.05) is 103 Å². The van der Waals surface area contributed by atoms with Gasteiger partial charge in [-0.15, -0.1) is 6.58 Å². The van der Waals surface area contributed by atoms with Crippen LogP contribution < -0.4 is 0 Å². The van der Waals surface area contributed by atoms with Gasteiger partial charge in [0.1, 0.15) is 6.61 Å². The summed E-state index contributed by atoms with van der Waals surface area (Å²) in [5, 5.41) is 0. The van der Waals surface area contributed by atoms with Crippen molar-refractivity contribution in [3.05, 3.63) is 12.7 Å². The Bertz CT molecular complexity index is 794. The lowest BCUT2D eigenvalue weighted by atomic mass is 10.0. The normalized spacial score (nSPS) is 11.5.